The Balaban J connectivity index is 2.22. The summed E-state index contributed by atoms with van der Waals surface area (Å²) in [5.74, 6) is 2.50. The third-order valence-electron chi connectivity index (χ3n) is 6.38. The molecule has 0 aromatic heterocycles. The lowest BCUT2D eigenvalue weighted by atomic mass is 9.50. The molecular formula is C19H26Br2O2. The first kappa shape index (κ1) is 17.6. The summed E-state index contributed by atoms with van der Waals surface area (Å²) in [6, 6.07) is 2.05. The van der Waals surface area contributed by atoms with Crippen LogP contribution in [0.15, 0.2) is 10.5 Å². The van der Waals surface area contributed by atoms with Crippen molar-refractivity contribution in [3.63, 3.8) is 0 Å². The molecule has 0 N–H and O–H groups in total. The minimum Gasteiger partial charge on any atom is -0.496 e. The van der Waals surface area contributed by atoms with Crippen molar-refractivity contribution in [1.82, 2.24) is 0 Å². The van der Waals surface area contributed by atoms with Crippen molar-refractivity contribution >= 4 is 31.9 Å². The van der Waals surface area contributed by atoms with E-state index in [1.165, 1.54) is 30.4 Å². The molecule has 2 nitrogen and oxygen atoms in total. The molecule has 1 aromatic rings. The van der Waals surface area contributed by atoms with Gasteiger partial charge in [0, 0.05) is 16.5 Å². The lowest BCUT2D eigenvalue weighted by Gasteiger charge is -2.56. The molecule has 0 heterocycles. The maximum Gasteiger partial charge on any atom is 0.137 e. The summed E-state index contributed by atoms with van der Waals surface area (Å²) >= 11 is 7.73. The van der Waals surface area contributed by atoms with E-state index in [0.29, 0.717) is 10.7 Å². The molecule has 3 atom stereocenters. The summed E-state index contributed by atoms with van der Waals surface area (Å²) in [4.78, 5) is 0.585. The molecule has 23 heavy (non-hydrogen) atoms. The van der Waals surface area contributed by atoms with Crippen LogP contribution in [0, 0.1) is 11.3 Å². The Hall–Kier alpha value is -0.220. The molecule has 0 amide bonds. The van der Waals surface area contributed by atoms with E-state index in [9.17, 15) is 0 Å². The van der Waals surface area contributed by atoms with Crippen LogP contribution in [0.2, 0.25) is 0 Å². The van der Waals surface area contributed by atoms with Gasteiger partial charge in [-0.05, 0) is 63.9 Å². The normalized spacial score (nSPS) is 32.0. The molecule has 0 aliphatic heterocycles. The van der Waals surface area contributed by atoms with Gasteiger partial charge in [-0.25, -0.2) is 0 Å². The van der Waals surface area contributed by atoms with E-state index >= 15 is 0 Å². The molecule has 0 spiro atoms. The van der Waals surface area contributed by atoms with Crippen molar-refractivity contribution in [1.29, 1.82) is 0 Å². The van der Waals surface area contributed by atoms with E-state index < -0.39 is 0 Å². The molecule has 3 rings (SSSR count). The van der Waals surface area contributed by atoms with Crippen molar-refractivity contribution < 1.29 is 9.47 Å². The summed E-state index contributed by atoms with van der Waals surface area (Å²) in [5.41, 5.74) is 3.21. The first-order valence-corrected chi connectivity index (χ1v) is 10.1. The van der Waals surface area contributed by atoms with Crippen molar-refractivity contribution in [2.45, 2.75) is 56.7 Å². The Labute approximate surface area is 156 Å². The SMILES string of the molecule is COc1cc(OC)c2c(c1Br)CC[C@H]1C(C)(C)[C@@H](Br)CC[C@]21C. The fourth-order valence-corrected chi connectivity index (χ4v) is 6.34. The highest BCUT2D eigenvalue weighted by Gasteiger charge is 2.54. The van der Waals surface area contributed by atoms with Gasteiger partial charge in [0.1, 0.15) is 11.5 Å². The predicted molar refractivity (Wildman–Crippen MR) is 102 cm³/mol. The Morgan fingerprint density at radius 3 is 2.35 bits per heavy atom. The van der Waals surface area contributed by atoms with Gasteiger partial charge >= 0.3 is 0 Å². The van der Waals surface area contributed by atoms with E-state index in [-0.39, 0.29) is 10.8 Å². The third-order valence-corrected chi connectivity index (χ3v) is 8.88. The summed E-state index contributed by atoms with van der Waals surface area (Å²) in [5, 5.41) is 0. The average molecular weight is 446 g/mol. The Morgan fingerprint density at radius 1 is 1.09 bits per heavy atom. The zero-order valence-electron chi connectivity index (χ0n) is 14.6. The van der Waals surface area contributed by atoms with Crippen LogP contribution in [-0.4, -0.2) is 19.0 Å². The molecule has 1 saturated carbocycles. The van der Waals surface area contributed by atoms with Crippen molar-refractivity contribution in [2.24, 2.45) is 11.3 Å². The molecule has 1 aromatic carbocycles. The molecule has 128 valence electrons. The number of hydrogen-bond acceptors (Lipinski definition) is 2. The van der Waals surface area contributed by atoms with Crippen LogP contribution in [0.1, 0.15) is 51.2 Å². The number of fused-ring (bicyclic) bond motifs is 3. The van der Waals surface area contributed by atoms with Crippen LogP contribution in [0.4, 0.5) is 0 Å². The fourth-order valence-electron chi connectivity index (χ4n) is 5.12. The number of rotatable bonds is 2. The van der Waals surface area contributed by atoms with Crippen LogP contribution in [0.5, 0.6) is 11.5 Å². The second kappa shape index (κ2) is 5.94. The van der Waals surface area contributed by atoms with Gasteiger partial charge in [0.25, 0.3) is 0 Å². The van der Waals surface area contributed by atoms with E-state index in [4.69, 9.17) is 9.47 Å². The van der Waals surface area contributed by atoms with Gasteiger partial charge < -0.3 is 9.47 Å². The molecule has 4 heteroatoms. The van der Waals surface area contributed by atoms with Gasteiger partial charge in [-0.1, -0.05) is 36.7 Å². The van der Waals surface area contributed by atoms with Gasteiger partial charge in [0.2, 0.25) is 0 Å². The quantitative estimate of drug-likeness (QED) is 0.530. The van der Waals surface area contributed by atoms with Gasteiger partial charge in [-0.3, -0.25) is 0 Å². The lowest BCUT2D eigenvalue weighted by molar-refractivity contribution is 0.0473. The summed E-state index contributed by atoms with van der Waals surface area (Å²) < 4.78 is 12.5. The monoisotopic (exact) mass is 444 g/mol. The number of methoxy groups -OCH3 is 2. The Morgan fingerprint density at radius 2 is 1.74 bits per heavy atom. The summed E-state index contributed by atoms with van der Waals surface area (Å²) in [6.45, 7) is 7.28. The zero-order chi connectivity index (χ0) is 17.0. The minimum absolute atomic E-state index is 0.154. The van der Waals surface area contributed by atoms with Crippen LogP contribution in [0.25, 0.3) is 0 Å². The topological polar surface area (TPSA) is 18.5 Å². The summed E-state index contributed by atoms with van der Waals surface area (Å²) in [7, 11) is 3.50. The largest absolute Gasteiger partial charge is 0.496 e. The van der Waals surface area contributed by atoms with Crippen molar-refractivity contribution in [2.75, 3.05) is 14.2 Å². The predicted octanol–water partition coefficient (Wildman–Crippen LogP) is 5.87. The lowest BCUT2D eigenvalue weighted by Crippen LogP contribution is -2.52. The van der Waals surface area contributed by atoms with Crippen molar-refractivity contribution in [3.8, 4) is 11.5 Å². The molecule has 0 radical (unpaired) electrons. The van der Waals surface area contributed by atoms with Gasteiger partial charge in [0.05, 0.1) is 18.7 Å². The molecule has 0 bridgehead atoms. The standard InChI is InChI=1S/C19H26Br2O2/c1-18(2)14-7-6-11-16(19(14,3)9-8-15(18)20)12(22-4)10-13(23-5)17(11)21/h10,14-15H,6-9H2,1-5H3/t14-,15-,19-/m0/s1. The second-order valence-corrected chi connectivity index (χ2v) is 9.68. The van der Waals surface area contributed by atoms with Gasteiger partial charge in [-0.2, -0.15) is 0 Å². The van der Waals surface area contributed by atoms with Crippen LogP contribution in [-0.2, 0) is 11.8 Å². The number of ether oxygens (including phenoxy) is 2. The molecule has 2 aliphatic rings. The zero-order valence-corrected chi connectivity index (χ0v) is 17.8. The van der Waals surface area contributed by atoms with Crippen LogP contribution in [0.3, 0.4) is 0 Å². The smallest absolute Gasteiger partial charge is 0.137 e. The van der Waals surface area contributed by atoms with E-state index in [1.54, 1.807) is 14.2 Å². The number of alkyl halides is 1. The highest BCUT2D eigenvalue weighted by atomic mass is 79.9. The van der Waals surface area contributed by atoms with E-state index in [0.717, 1.165) is 22.4 Å². The van der Waals surface area contributed by atoms with Crippen molar-refractivity contribution in [3.05, 3.63) is 21.7 Å². The number of hydrogen-bond donors (Lipinski definition) is 0. The third kappa shape index (κ3) is 2.47. The molecule has 0 unspecified atom stereocenters. The highest BCUT2D eigenvalue weighted by molar-refractivity contribution is 9.10. The molecular weight excluding hydrogens is 420 g/mol. The maximum absolute atomic E-state index is 5.81. The summed E-state index contributed by atoms with van der Waals surface area (Å²) in [6.07, 6.45) is 4.69. The Bertz CT molecular complexity index is 626. The fraction of sp³-hybridized carbons (Fsp3) is 0.684. The second-order valence-electron chi connectivity index (χ2n) is 7.78. The number of halogens is 2. The first-order chi connectivity index (χ1) is 10.8. The maximum atomic E-state index is 5.81. The first-order valence-electron chi connectivity index (χ1n) is 8.35. The van der Waals surface area contributed by atoms with Crippen LogP contribution < -0.4 is 9.47 Å². The molecule has 1 fully saturated rings. The molecule has 2 aliphatic carbocycles. The van der Waals surface area contributed by atoms with Crippen LogP contribution >= 0.6 is 31.9 Å². The highest BCUT2D eigenvalue weighted by Crippen LogP contribution is 2.61. The van der Waals surface area contributed by atoms with E-state index in [2.05, 4.69) is 52.6 Å². The van der Waals surface area contributed by atoms with Gasteiger partial charge in [-0.15, -0.1) is 0 Å². The minimum atomic E-state index is 0.154. The van der Waals surface area contributed by atoms with E-state index in [1.807, 2.05) is 6.07 Å². The number of benzene rings is 1. The Kier molecular flexibility index (Phi) is 4.55. The molecule has 0 saturated heterocycles. The average Bonchev–Trinajstić information content (AvgIpc) is 2.52. The van der Waals surface area contributed by atoms with Gasteiger partial charge in [0.15, 0.2) is 0 Å².